The maximum Gasteiger partial charge on any atom is 0.124 e. The molecular formula is C13H14Cl2N4O. The summed E-state index contributed by atoms with van der Waals surface area (Å²) in [5, 5.41) is 22.2. The highest BCUT2D eigenvalue weighted by Crippen LogP contribution is 2.32. The van der Waals surface area contributed by atoms with Gasteiger partial charge in [-0.15, -0.1) is 0 Å². The molecule has 7 heteroatoms. The second-order valence-electron chi connectivity index (χ2n) is 5.08. The number of nitrogens with one attached hydrogen (secondary N) is 1. The van der Waals surface area contributed by atoms with E-state index in [0.29, 0.717) is 35.2 Å². The first-order valence-corrected chi connectivity index (χ1v) is 7.07. The molecule has 1 aliphatic heterocycles. The van der Waals surface area contributed by atoms with Crippen LogP contribution >= 0.6 is 23.2 Å². The Balaban J connectivity index is 1.73. The van der Waals surface area contributed by atoms with E-state index in [2.05, 4.69) is 20.3 Å². The summed E-state index contributed by atoms with van der Waals surface area (Å²) in [6.45, 7) is 1.92. The maximum atomic E-state index is 10.6. The number of aromatic amines is 1. The zero-order valence-electron chi connectivity index (χ0n) is 10.7. The maximum absolute atomic E-state index is 10.6. The zero-order chi connectivity index (χ0) is 14.2. The van der Waals surface area contributed by atoms with Gasteiger partial charge in [0.05, 0.1) is 6.20 Å². The Morgan fingerprint density at radius 3 is 3.00 bits per heavy atom. The van der Waals surface area contributed by atoms with Crippen LogP contribution in [-0.2, 0) is 12.1 Å². The first-order chi connectivity index (χ1) is 9.57. The molecule has 2 aromatic rings. The third kappa shape index (κ3) is 2.67. The topological polar surface area (TPSA) is 65.0 Å². The van der Waals surface area contributed by atoms with Gasteiger partial charge in [-0.2, -0.15) is 15.4 Å². The summed E-state index contributed by atoms with van der Waals surface area (Å²) in [6.07, 6.45) is 2.19. The van der Waals surface area contributed by atoms with E-state index in [4.69, 9.17) is 23.2 Å². The lowest BCUT2D eigenvalue weighted by atomic mass is 10.00. The van der Waals surface area contributed by atoms with Crippen LogP contribution in [0.3, 0.4) is 0 Å². The SMILES string of the molecule is OC1(c2cn[nH]n2)CCN(Cc2cc(Cl)ccc2Cl)C1. The van der Waals surface area contributed by atoms with Crippen LogP contribution < -0.4 is 0 Å². The molecule has 1 aromatic carbocycles. The molecule has 2 N–H and O–H groups in total. The van der Waals surface area contributed by atoms with Crippen molar-refractivity contribution in [2.45, 2.75) is 18.6 Å². The molecule has 1 aliphatic rings. The summed E-state index contributed by atoms with van der Waals surface area (Å²) in [7, 11) is 0. The van der Waals surface area contributed by atoms with Gasteiger partial charge in [-0.05, 0) is 30.2 Å². The van der Waals surface area contributed by atoms with Crippen LogP contribution in [0.25, 0.3) is 0 Å². The summed E-state index contributed by atoms with van der Waals surface area (Å²) in [5.74, 6) is 0. The highest BCUT2D eigenvalue weighted by atomic mass is 35.5. The van der Waals surface area contributed by atoms with Crippen LogP contribution in [0.15, 0.2) is 24.4 Å². The van der Waals surface area contributed by atoms with E-state index in [1.165, 1.54) is 0 Å². The second-order valence-corrected chi connectivity index (χ2v) is 5.93. The Morgan fingerprint density at radius 1 is 1.40 bits per heavy atom. The third-order valence-electron chi connectivity index (χ3n) is 3.62. The number of nitrogens with zero attached hydrogens (tertiary/aromatic N) is 3. The number of hydrogen-bond donors (Lipinski definition) is 2. The highest BCUT2D eigenvalue weighted by molar-refractivity contribution is 6.33. The summed E-state index contributed by atoms with van der Waals surface area (Å²) >= 11 is 12.2. The van der Waals surface area contributed by atoms with Crippen molar-refractivity contribution in [3.8, 4) is 0 Å². The number of β-amino-alcohol motifs (C(OH)–C–C–N with tert-alkyl or cyclic N) is 1. The van der Waals surface area contributed by atoms with Gasteiger partial charge in [0.2, 0.25) is 0 Å². The molecule has 0 radical (unpaired) electrons. The number of rotatable bonds is 3. The van der Waals surface area contributed by atoms with Gasteiger partial charge in [0, 0.05) is 29.7 Å². The van der Waals surface area contributed by atoms with Gasteiger partial charge in [-0.3, -0.25) is 4.90 Å². The van der Waals surface area contributed by atoms with Crippen LogP contribution in [0.2, 0.25) is 10.0 Å². The minimum absolute atomic E-state index is 0.502. The van der Waals surface area contributed by atoms with Crippen molar-refractivity contribution in [2.75, 3.05) is 13.1 Å². The molecule has 0 aliphatic carbocycles. The number of benzene rings is 1. The highest BCUT2D eigenvalue weighted by Gasteiger charge is 2.39. The number of hydrogen-bond acceptors (Lipinski definition) is 4. The van der Waals surface area contributed by atoms with Gasteiger partial charge in [-0.1, -0.05) is 23.2 Å². The Labute approximate surface area is 126 Å². The van der Waals surface area contributed by atoms with Gasteiger partial charge >= 0.3 is 0 Å². The average molecular weight is 313 g/mol. The Hall–Kier alpha value is -1.14. The quantitative estimate of drug-likeness (QED) is 0.912. The predicted molar refractivity (Wildman–Crippen MR) is 76.6 cm³/mol. The molecule has 106 valence electrons. The third-order valence-corrected chi connectivity index (χ3v) is 4.22. The summed E-state index contributed by atoms with van der Waals surface area (Å²) < 4.78 is 0. The van der Waals surface area contributed by atoms with Crippen LogP contribution in [0.1, 0.15) is 17.7 Å². The summed E-state index contributed by atoms with van der Waals surface area (Å²) in [6, 6.07) is 5.42. The van der Waals surface area contributed by atoms with E-state index in [-0.39, 0.29) is 0 Å². The van der Waals surface area contributed by atoms with Gasteiger partial charge in [0.1, 0.15) is 11.3 Å². The fraction of sp³-hybridized carbons (Fsp3) is 0.385. The van der Waals surface area contributed by atoms with Gasteiger partial charge in [0.15, 0.2) is 0 Å². The van der Waals surface area contributed by atoms with Crippen LogP contribution in [0.5, 0.6) is 0 Å². The molecule has 0 bridgehead atoms. The Kier molecular flexibility index (Phi) is 3.69. The van der Waals surface area contributed by atoms with E-state index >= 15 is 0 Å². The second kappa shape index (κ2) is 5.33. The van der Waals surface area contributed by atoms with E-state index < -0.39 is 5.60 Å². The van der Waals surface area contributed by atoms with E-state index in [1.807, 2.05) is 6.07 Å². The smallest absolute Gasteiger partial charge is 0.124 e. The molecule has 1 aromatic heterocycles. The fourth-order valence-corrected chi connectivity index (χ4v) is 2.92. The normalized spacial score (nSPS) is 23.4. The van der Waals surface area contributed by atoms with Crippen molar-refractivity contribution in [1.29, 1.82) is 0 Å². The lowest BCUT2D eigenvalue weighted by molar-refractivity contribution is 0.0409. The van der Waals surface area contributed by atoms with Gasteiger partial charge < -0.3 is 5.11 Å². The van der Waals surface area contributed by atoms with Crippen molar-refractivity contribution in [2.24, 2.45) is 0 Å². The lowest BCUT2D eigenvalue weighted by Gasteiger charge is -2.21. The molecule has 1 unspecified atom stereocenters. The standard InChI is InChI=1S/C13H14Cl2N4O/c14-10-1-2-11(15)9(5-10)7-19-4-3-13(20,8-19)12-6-16-18-17-12/h1-2,5-6,20H,3-4,7-8H2,(H,16,17,18). The number of likely N-dealkylation sites (tertiary alicyclic amines) is 1. The summed E-state index contributed by atoms with van der Waals surface area (Å²) in [4.78, 5) is 2.13. The zero-order valence-corrected chi connectivity index (χ0v) is 12.2. The number of aromatic nitrogens is 3. The molecule has 5 nitrogen and oxygen atoms in total. The van der Waals surface area contributed by atoms with Crippen molar-refractivity contribution < 1.29 is 5.11 Å². The van der Waals surface area contributed by atoms with Crippen LogP contribution in [0, 0.1) is 0 Å². The number of aliphatic hydroxyl groups is 1. The Morgan fingerprint density at radius 2 is 2.25 bits per heavy atom. The first kappa shape index (κ1) is 13.8. The largest absolute Gasteiger partial charge is 0.382 e. The van der Waals surface area contributed by atoms with Crippen molar-refractivity contribution in [3.05, 3.63) is 45.7 Å². The first-order valence-electron chi connectivity index (χ1n) is 6.32. The molecule has 1 saturated heterocycles. The molecular weight excluding hydrogens is 299 g/mol. The molecule has 0 saturated carbocycles. The van der Waals surface area contributed by atoms with E-state index in [1.54, 1.807) is 18.3 Å². The minimum atomic E-state index is -0.946. The fourth-order valence-electron chi connectivity index (χ4n) is 2.55. The Bertz CT molecular complexity index is 604. The summed E-state index contributed by atoms with van der Waals surface area (Å²) in [5.41, 5.74) is 0.596. The van der Waals surface area contributed by atoms with Crippen LogP contribution in [0.4, 0.5) is 0 Å². The molecule has 0 amide bonds. The van der Waals surface area contributed by atoms with Crippen molar-refractivity contribution in [1.82, 2.24) is 20.3 Å². The number of halogens is 2. The molecule has 2 heterocycles. The van der Waals surface area contributed by atoms with Crippen molar-refractivity contribution >= 4 is 23.2 Å². The molecule has 20 heavy (non-hydrogen) atoms. The van der Waals surface area contributed by atoms with Crippen molar-refractivity contribution in [3.63, 3.8) is 0 Å². The van der Waals surface area contributed by atoms with E-state index in [9.17, 15) is 5.11 Å². The molecule has 3 rings (SSSR count). The average Bonchev–Trinajstić information content (AvgIpc) is 3.05. The van der Waals surface area contributed by atoms with Gasteiger partial charge in [-0.25, -0.2) is 0 Å². The molecule has 1 fully saturated rings. The van der Waals surface area contributed by atoms with Gasteiger partial charge in [0.25, 0.3) is 0 Å². The predicted octanol–water partition coefficient (Wildman–Crippen LogP) is 2.21. The molecule has 1 atom stereocenters. The molecule has 0 spiro atoms. The minimum Gasteiger partial charge on any atom is -0.382 e. The lowest BCUT2D eigenvalue weighted by Crippen LogP contribution is -2.31. The van der Waals surface area contributed by atoms with Crippen LogP contribution in [-0.4, -0.2) is 38.5 Å². The number of H-pyrrole nitrogens is 1. The van der Waals surface area contributed by atoms with E-state index in [0.717, 1.165) is 12.1 Å². The monoisotopic (exact) mass is 312 g/mol.